The average Bonchev–Trinajstić information content (AvgIpc) is 3.88. The van der Waals surface area contributed by atoms with E-state index in [4.69, 9.17) is 10.8 Å². The summed E-state index contributed by atoms with van der Waals surface area (Å²) in [4.78, 5) is 14.6. The molecule has 0 unspecified atom stereocenters. The monoisotopic (exact) mass is 1030 g/mol. The van der Waals surface area contributed by atoms with Gasteiger partial charge in [0.1, 0.15) is 0 Å². The van der Waals surface area contributed by atoms with Crippen molar-refractivity contribution in [3.63, 3.8) is 0 Å². The van der Waals surface area contributed by atoms with E-state index in [1.54, 1.807) is 6.07 Å². The van der Waals surface area contributed by atoms with Crippen LogP contribution in [0, 0.1) is 24.9 Å². The number of hydrogen-bond acceptors (Lipinski definition) is 4. The number of imidazole rings is 1. The Balaban J connectivity index is 0.000000206. The van der Waals surface area contributed by atoms with Gasteiger partial charge in [-0.15, -0.1) is 48.0 Å². The second-order valence-electron chi connectivity index (χ2n) is 17.3. The standard InChI is InChI=1S/C39H24N3O.C17H21FNSi.Ir/c1-24-17-19-33-32-15-8-16-34(37(32)43-39(33)40-24)38-41-36-31-20-18-26-11-5-6-14-29(26)30(31)21-22-35(36)42(38)28-13-7-12-27(23-28)25-9-3-2-4-10-25;1-12(2)15-10-16(13-6-8-14(18)9-7-13)19-11-17(15)20(3,4)5;/h2-15,17-23H,1H3;6,8-12H,1-5H3;/q2*-1;/i;12D;. The van der Waals surface area contributed by atoms with Crippen LogP contribution >= 0.6 is 0 Å². The van der Waals surface area contributed by atoms with Crippen molar-refractivity contribution in [3.05, 3.63) is 187 Å². The molecular formula is C56H45FIrN4OSi-2. The second-order valence-corrected chi connectivity index (χ2v) is 22.3. The fourth-order valence-corrected chi connectivity index (χ4v) is 10.2. The first-order valence-corrected chi connectivity index (χ1v) is 24.7. The molecule has 8 heteroatoms. The second kappa shape index (κ2) is 17.2. The summed E-state index contributed by atoms with van der Waals surface area (Å²) in [6.45, 7) is 12.5. The summed E-state index contributed by atoms with van der Waals surface area (Å²) in [6, 6.07) is 57.3. The number of hydrogen-bond donors (Lipinski definition) is 0. The summed E-state index contributed by atoms with van der Waals surface area (Å²) in [5.74, 6) is -0.214. The van der Waals surface area contributed by atoms with Crippen LogP contribution in [0.1, 0.15) is 32.4 Å². The van der Waals surface area contributed by atoms with E-state index < -0.39 is 14.0 Å². The number of aromatic nitrogens is 4. The van der Waals surface area contributed by atoms with E-state index in [0.29, 0.717) is 5.71 Å². The van der Waals surface area contributed by atoms with Crippen LogP contribution < -0.4 is 5.19 Å². The Morgan fingerprint density at radius 2 is 1.48 bits per heavy atom. The molecule has 0 spiro atoms. The molecule has 1 radical (unpaired) electrons. The number of halogens is 1. The number of rotatable bonds is 6. The van der Waals surface area contributed by atoms with Gasteiger partial charge in [-0.25, -0.2) is 4.98 Å². The van der Waals surface area contributed by atoms with Crippen LogP contribution in [0.3, 0.4) is 0 Å². The maximum atomic E-state index is 13.0. The van der Waals surface area contributed by atoms with E-state index in [1.807, 2.05) is 57.3 Å². The van der Waals surface area contributed by atoms with Crippen LogP contribution in [0.5, 0.6) is 0 Å². The number of benzene rings is 7. The van der Waals surface area contributed by atoms with Crippen molar-refractivity contribution in [1.29, 1.82) is 0 Å². The summed E-state index contributed by atoms with van der Waals surface area (Å²) < 4.78 is 30.1. The first-order valence-electron chi connectivity index (χ1n) is 21.7. The van der Waals surface area contributed by atoms with E-state index >= 15 is 0 Å². The largest absolute Gasteiger partial charge is 0.486 e. The van der Waals surface area contributed by atoms with Gasteiger partial charge >= 0.3 is 0 Å². The summed E-state index contributed by atoms with van der Waals surface area (Å²) in [6.07, 6.45) is 1.89. The predicted molar refractivity (Wildman–Crippen MR) is 261 cm³/mol. The molecule has 0 fully saturated rings. The minimum absolute atomic E-state index is 0. The molecule has 0 atom stereocenters. The molecule has 0 saturated carbocycles. The molecule has 11 rings (SSSR count). The van der Waals surface area contributed by atoms with E-state index in [2.05, 4.69) is 149 Å². The van der Waals surface area contributed by atoms with Gasteiger partial charge in [0.25, 0.3) is 0 Å². The maximum absolute atomic E-state index is 13.0. The Morgan fingerprint density at radius 1 is 0.719 bits per heavy atom. The quantitative estimate of drug-likeness (QED) is 0.0946. The van der Waals surface area contributed by atoms with Gasteiger partial charge in [0.15, 0.2) is 0 Å². The van der Waals surface area contributed by atoms with E-state index in [-0.39, 0.29) is 25.9 Å². The number of nitrogens with zero attached hydrogens (tertiary/aromatic N) is 4. The van der Waals surface area contributed by atoms with Gasteiger partial charge in [-0.05, 0) is 81.3 Å². The summed E-state index contributed by atoms with van der Waals surface area (Å²) in [7, 11) is -1.57. The predicted octanol–water partition coefficient (Wildman–Crippen LogP) is 14.4. The third kappa shape index (κ3) is 7.87. The molecule has 0 saturated heterocycles. The van der Waals surface area contributed by atoms with Gasteiger partial charge in [0, 0.05) is 55.6 Å². The van der Waals surface area contributed by atoms with E-state index in [1.165, 1.54) is 39.0 Å². The zero-order chi connectivity index (χ0) is 44.3. The van der Waals surface area contributed by atoms with E-state index in [0.717, 1.165) is 77.9 Å². The Labute approximate surface area is 388 Å². The molecule has 0 bridgehead atoms. The SMILES string of the molecule is Cc1ccc2c(n1)oc1c(-c3nc4c5ccc6ccccc6c5ccc4n3-c3cccc(-c4ccccc4)c3)[c-]ccc12.[2H]C(C)(C)c1cc(-c2[c-]cc(F)cc2)ncc1[Si](C)(C)C.[Ir]. The van der Waals surface area contributed by atoms with E-state index in [9.17, 15) is 4.39 Å². The molecule has 7 aromatic carbocycles. The number of pyridine rings is 2. The molecule has 64 heavy (non-hydrogen) atoms. The number of aryl methyl sites for hydroxylation is 1. The van der Waals surface area contributed by atoms with Crippen molar-refractivity contribution in [3.8, 4) is 39.5 Å². The van der Waals surface area contributed by atoms with Crippen LogP contribution in [-0.4, -0.2) is 27.6 Å². The van der Waals surface area contributed by atoms with Gasteiger partial charge in [-0.1, -0.05) is 141 Å². The molecule has 0 N–H and O–H groups in total. The zero-order valence-electron chi connectivity index (χ0n) is 37.4. The number of fused-ring (bicyclic) bond motifs is 8. The van der Waals surface area contributed by atoms with Gasteiger partial charge in [0.05, 0.1) is 30.5 Å². The first-order chi connectivity index (χ1) is 30.8. The first kappa shape index (κ1) is 41.4. The van der Waals surface area contributed by atoms with Crippen molar-refractivity contribution in [2.45, 2.75) is 46.3 Å². The fraction of sp³-hybridized carbons (Fsp3) is 0.125. The molecule has 0 aliphatic rings. The minimum atomic E-state index is -1.57. The van der Waals surface area contributed by atoms with Crippen molar-refractivity contribution in [2.75, 3.05) is 0 Å². The third-order valence-corrected chi connectivity index (χ3v) is 13.7. The normalized spacial score (nSPS) is 12.1. The summed E-state index contributed by atoms with van der Waals surface area (Å²) in [5, 5.41) is 7.93. The molecule has 0 aliphatic carbocycles. The Hall–Kier alpha value is -6.57. The summed E-state index contributed by atoms with van der Waals surface area (Å²) >= 11 is 0. The molecule has 0 amide bonds. The van der Waals surface area contributed by atoms with Gasteiger partial charge in [-0.3, -0.25) is 9.37 Å². The van der Waals surface area contributed by atoms with Crippen LogP contribution in [0.4, 0.5) is 4.39 Å². The van der Waals surface area contributed by atoms with Gasteiger partial charge in [-0.2, -0.15) is 0 Å². The maximum Gasteiger partial charge on any atom is 0.216 e. The average molecular weight is 1030 g/mol. The van der Waals surface area contributed by atoms with Crippen molar-refractivity contribution < 1.29 is 30.3 Å². The van der Waals surface area contributed by atoms with Crippen LogP contribution in [0.2, 0.25) is 19.6 Å². The molecule has 0 aliphatic heterocycles. The minimum Gasteiger partial charge on any atom is -0.486 e. The Bertz CT molecular complexity index is 3560. The molecule has 5 nitrogen and oxygen atoms in total. The smallest absolute Gasteiger partial charge is 0.216 e. The van der Waals surface area contributed by atoms with Crippen molar-refractivity contribution >= 4 is 67.9 Å². The Kier molecular flexibility index (Phi) is 11.1. The molecule has 4 aromatic heterocycles. The van der Waals surface area contributed by atoms with Crippen molar-refractivity contribution in [2.24, 2.45) is 0 Å². The zero-order valence-corrected chi connectivity index (χ0v) is 39.8. The van der Waals surface area contributed by atoms with Gasteiger partial charge < -0.3 is 14.0 Å². The van der Waals surface area contributed by atoms with Crippen LogP contribution in [0.25, 0.3) is 94.1 Å². The fourth-order valence-electron chi connectivity index (χ4n) is 8.57. The van der Waals surface area contributed by atoms with Crippen LogP contribution in [-0.2, 0) is 20.1 Å². The Morgan fingerprint density at radius 3 is 2.27 bits per heavy atom. The third-order valence-electron chi connectivity index (χ3n) is 11.7. The number of furan rings is 1. The molecule has 4 heterocycles. The molecule has 11 aromatic rings. The van der Waals surface area contributed by atoms with Crippen molar-refractivity contribution in [1.82, 2.24) is 19.5 Å². The van der Waals surface area contributed by atoms with Gasteiger partial charge in [0.2, 0.25) is 5.71 Å². The topological polar surface area (TPSA) is 56.7 Å². The molecule has 317 valence electrons. The van der Waals surface area contributed by atoms with Crippen LogP contribution in [0.15, 0.2) is 162 Å². The summed E-state index contributed by atoms with van der Waals surface area (Å²) in [5.41, 5.74) is 10.9. The molecular weight excluding hydrogens is 984 g/mol.